The molecule has 0 saturated carbocycles. The molecule has 1 aromatic carbocycles. The third kappa shape index (κ3) is 3.06. The van der Waals surface area contributed by atoms with Gasteiger partial charge < -0.3 is 5.32 Å². The number of benzene rings is 1. The third-order valence-electron chi connectivity index (χ3n) is 3.43. The molecule has 4 aromatic rings. The average molecular weight is 354 g/mol. The van der Waals surface area contributed by atoms with E-state index in [1.807, 2.05) is 48.0 Å². The third-order valence-corrected chi connectivity index (χ3v) is 4.63. The number of pyridine rings is 1. The number of anilines is 1. The first-order valence-corrected chi connectivity index (χ1v) is 8.56. The van der Waals surface area contributed by atoms with E-state index < -0.39 is 0 Å². The van der Waals surface area contributed by atoms with E-state index in [0.29, 0.717) is 17.5 Å². The standard InChI is InChI=1S/C17H12ClN5S/c18-15-16(23-14-6-2-1-5-13(14)22-15)20-9-12-10-24-17(21-12)11-4-3-7-19-8-11/h1-8,10H,9H2,(H,20,23). The molecule has 0 unspecified atom stereocenters. The van der Waals surface area contributed by atoms with Crippen molar-refractivity contribution in [2.75, 3.05) is 5.32 Å². The van der Waals surface area contributed by atoms with Gasteiger partial charge in [0.15, 0.2) is 11.0 Å². The van der Waals surface area contributed by atoms with E-state index in [-0.39, 0.29) is 0 Å². The molecule has 0 aliphatic heterocycles. The summed E-state index contributed by atoms with van der Waals surface area (Å²) in [6, 6.07) is 11.5. The normalized spacial score (nSPS) is 10.9. The van der Waals surface area contributed by atoms with Crippen LogP contribution in [0.3, 0.4) is 0 Å². The maximum atomic E-state index is 6.21. The zero-order valence-electron chi connectivity index (χ0n) is 12.5. The molecule has 24 heavy (non-hydrogen) atoms. The van der Waals surface area contributed by atoms with Crippen molar-refractivity contribution in [3.8, 4) is 10.6 Å². The number of nitrogens with zero attached hydrogens (tertiary/aromatic N) is 4. The summed E-state index contributed by atoms with van der Waals surface area (Å²) in [5, 5.41) is 6.52. The van der Waals surface area contributed by atoms with Gasteiger partial charge >= 0.3 is 0 Å². The van der Waals surface area contributed by atoms with Crippen LogP contribution < -0.4 is 5.32 Å². The van der Waals surface area contributed by atoms with Crippen molar-refractivity contribution in [3.63, 3.8) is 0 Å². The van der Waals surface area contributed by atoms with E-state index in [4.69, 9.17) is 11.6 Å². The first-order chi connectivity index (χ1) is 11.8. The molecule has 1 N–H and O–H groups in total. The molecule has 4 rings (SSSR count). The second-order valence-electron chi connectivity index (χ2n) is 5.09. The van der Waals surface area contributed by atoms with Gasteiger partial charge in [-0.1, -0.05) is 23.7 Å². The number of hydrogen-bond donors (Lipinski definition) is 1. The molecule has 0 bridgehead atoms. The number of fused-ring (bicyclic) bond motifs is 1. The van der Waals surface area contributed by atoms with Gasteiger partial charge in [-0.2, -0.15) is 0 Å². The Labute approximate surface area is 147 Å². The topological polar surface area (TPSA) is 63.6 Å². The van der Waals surface area contributed by atoms with Crippen LogP contribution in [0, 0.1) is 0 Å². The molecule has 5 nitrogen and oxygen atoms in total. The minimum atomic E-state index is 0.358. The highest BCUT2D eigenvalue weighted by molar-refractivity contribution is 7.13. The van der Waals surface area contributed by atoms with Crippen LogP contribution in [0.15, 0.2) is 54.2 Å². The zero-order valence-corrected chi connectivity index (χ0v) is 14.1. The van der Waals surface area contributed by atoms with Gasteiger partial charge in [0.2, 0.25) is 0 Å². The molecule has 0 amide bonds. The minimum absolute atomic E-state index is 0.358. The maximum Gasteiger partial charge on any atom is 0.172 e. The largest absolute Gasteiger partial charge is 0.362 e. The minimum Gasteiger partial charge on any atom is -0.362 e. The van der Waals surface area contributed by atoms with Gasteiger partial charge in [-0.05, 0) is 24.3 Å². The SMILES string of the molecule is Clc1nc2ccccc2nc1NCc1csc(-c2cccnc2)n1. The quantitative estimate of drug-likeness (QED) is 0.588. The van der Waals surface area contributed by atoms with Crippen molar-refractivity contribution in [1.29, 1.82) is 0 Å². The van der Waals surface area contributed by atoms with Crippen LogP contribution in [0.4, 0.5) is 5.82 Å². The summed E-state index contributed by atoms with van der Waals surface area (Å²) in [6.45, 7) is 0.531. The number of rotatable bonds is 4. The Morgan fingerprint density at radius 1 is 1.00 bits per heavy atom. The number of halogens is 1. The van der Waals surface area contributed by atoms with Gasteiger partial charge in [0, 0.05) is 23.3 Å². The Kier molecular flexibility index (Phi) is 4.06. The molecule has 0 saturated heterocycles. The molecule has 0 spiro atoms. The average Bonchev–Trinajstić information content (AvgIpc) is 3.10. The molecule has 0 fully saturated rings. The van der Waals surface area contributed by atoms with E-state index in [1.165, 1.54) is 0 Å². The summed E-state index contributed by atoms with van der Waals surface area (Å²) in [5.74, 6) is 0.561. The van der Waals surface area contributed by atoms with Gasteiger partial charge in [0.05, 0.1) is 23.3 Å². The molecular weight excluding hydrogens is 342 g/mol. The summed E-state index contributed by atoms with van der Waals surface area (Å²) in [6.07, 6.45) is 3.56. The van der Waals surface area contributed by atoms with Gasteiger partial charge in [0.1, 0.15) is 5.01 Å². The van der Waals surface area contributed by atoms with E-state index in [2.05, 4.69) is 25.3 Å². The second-order valence-corrected chi connectivity index (χ2v) is 6.31. The smallest absolute Gasteiger partial charge is 0.172 e. The summed E-state index contributed by atoms with van der Waals surface area (Å²) in [5.41, 5.74) is 3.52. The molecule has 3 heterocycles. The molecule has 0 aliphatic rings. The lowest BCUT2D eigenvalue weighted by atomic mass is 10.3. The van der Waals surface area contributed by atoms with Crippen molar-refractivity contribution in [2.24, 2.45) is 0 Å². The molecule has 7 heteroatoms. The lowest BCUT2D eigenvalue weighted by Crippen LogP contribution is -2.03. The Morgan fingerprint density at radius 2 is 1.83 bits per heavy atom. The Morgan fingerprint density at radius 3 is 2.62 bits per heavy atom. The highest BCUT2D eigenvalue weighted by Gasteiger charge is 2.08. The van der Waals surface area contributed by atoms with Crippen molar-refractivity contribution < 1.29 is 0 Å². The Bertz CT molecular complexity index is 987. The lowest BCUT2D eigenvalue weighted by Gasteiger charge is -2.06. The predicted molar refractivity (Wildman–Crippen MR) is 97.2 cm³/mol. The Hall–Kier alpha value is -2.57. The van der Waals surface area contributed by atoms with Gasteiger partial charge in [0.25, 0.3) is 0 Å². The van der Waals surface area contributed by atoms with E-state index in [1.54, 1.807) is 17.5 Å². The van der Waals surface area contributed by atoms with Crippen molar-refractivity contribution in [3.05, 3.63) is 65.0 Å². The fourth-order valence-electron chi connectivity index (χ4n) is 2.28. The summed E-state index contributed by atoms with van der Waals surface area (Å²) in [7, 11) is 0. The Balaban J connectivity index is 1.53. The number of thiazole rings is 1. The van der Waals surface area contributed by atoms with Crippen molar-refractivity contribution in [2.45, 2.75) is 6.54 Å². The lowest BCUT2D eigenvalue weighted by molar-refractivity contribution is 1.05. The molecular formula is C17H12ClN5S. The summed E-state index contributed by atoms with van der Waals surface area (Å²) < 4.78 is 0. The highest BCUT2D eigenvalue weighted by Crippen LogP contribution is 2.24. The summed E-state index contributed by atoms with van der Waals surface area (Å²) in [4.78, 5) is 17.6. The van der Waals surface area contributed by atoms with Crippen LogP contribution in [0.1, 0.15) is 5.69 Å². The van der Waals surface area contributed by atoms with Crippen LogP contribution in [-0.4, -0.2) is 19.9 Å². The summed E-state index contributed by atoms with van der Waals surface area (Å²) >= 11 is 7.79. The first-order valence-electron chi connectivity index (χ1n) is 7.30. The first kappa shape index (κ1) is 15.0. The molecule has 118 valence electrons. The predicted octanol–water partition coefficient (Wildman–Crippen LogP) is 4.41. The molecule has 0 aliphatic carbocycles. The zero-order chi connectivity index (χ0) is 16.4. The molecule has 3 aromatic heterocycles. The van der Waals surface area contributed by atoms with E-state index >= 15 is 0 Å². The van der Waals surface area contributed by atoms with Crippen LogP contribution in [-0.2, 0) is 6.54 Å². The number of hydrogen-bond acceptors (Lipinski definition) is 6. The van der Waals surface area contributed by atoms with Crippen LogP contribution in [0.5, 0.6) is 0 Å². The van der Waals surface area contributed by atoms with Crippen LogP contribution in [0.2, 0.25) is 5.15 Å². The van der Waals surface area contributed by atoms with Crippen LogP contribution >= 0.6 is 22.9 Å². The van der Waals surface area contributed by atoms with Crippen molar-refractivity contribution >= 4 is 39.8 Å². The van der Waals surface area contributed by atoms with Crippen LogP contribution in [0.25, 0.3) is 21.6 Å². The highest BCUT2D eigenvalue weighted by atomic mass is 35.5. The second kappa shape index (κ2) is 6.51. The van der Waals surface area contributed by atoms with E-state index in [0.717, 1.165) is 27.3 Å². The number of aromatic nitrogens is 4. The fourth-order valence-corrected chi connectivity index (χ4v) is 3.29. The number of para-hydroxylation sites is 2. The van der Waals surface area contributed by atoms with Gasteiger partial charge in [-0.25, -0.2) is 15.0 Å². The molecule has 0 atom stereocenters. The monoisotopic (exact) mass is 353 g/mol. The number of nitrogens with one attached hydrogen (secondary N) is 1. The van der Waals surface area contributed by atoms with E-state index in [9.17, 15) is 0 Å². The van der Waals surface area contributed by atoms with Crippen molar-refractivity contribution in [1.82, 2.24) is 19.9 Å². The molecule has 0 radical (unpaired) electrons. The van der Waals surface area contributed by atoms with Gasteiger partial charge in [-0.15, -0.1) is 11.3 Å². The maximum absolute atomic E-state index is 6.21. The van der Waals surface area contributed by atoms with Gasteiger partial charge in [-0.3, -0.25) is 4.98 Å². The fraction of sp³-hybridized carbons (Fsp3) is 0.0588.